The topological polar surface area (TPSA) is 0 Å². The molecule has 0 N–H and O–H groups in total. The molecular formula is C24H26Sn. The summed E-state index contributed by atoms with van der Waals surface area (Å²) in [6.45, 7) is 10.6. The summed E-state index contributed by atoms with van der Waals surface area (Å²) >= 11 is -3.08. The molecule has 0 nitrogen and oxygen atoms in total. The third-order valence-corrected chi connectivity index (χ3v) is 18.9. The monoisotopic (exact) mass is 434 g/mol. The van der Waals surface area contributed by atoms with Crippen molar-refractivity contribution in [3.8, 4) is 0 Å². The summed E-state index contributed by atoms with van der Waals surface area (Å²) < 4.78 is 5.64. The number of rotatable bonds is 5. The van der Waals surface area contributed by atoms with Crippen LogP contribution in [0.25, 0.3) is 0 Å². The molecule has 1 heteroatoms. The van der Waals surface area contributed by atoms with Gasteiger partial charge in [-0.2, -0.15) is 0 Å². The van der Waals surface area contributed by atoms with Crippen LogP contribution in [0.2, 0.25) is 4.44 Å². The van der Waals surface area contributed by atoms with Gasteiger partial charge < -0.3 is 0 Å². The first kappa shape index (κ1) is 18.0. The van der Waals surface area contributed by atoms with Gasteiger partial charge in [0.2, 0.25) is 0 Å². The Balaban J connectivity index is 2.30. The molecule has 3 aromatic rings. The molecule has 0 unspecified atom stereocenters. The minimum atomic E-state index is -3.08. The molecule has 126 valence electrons. The van der Waals surface area contributed by atoms with Crippen LogP contribution in [0.15, 0.2) is 85.5 Å². The summed E-state index contributed by atoms with van der Waals surface area (Å²) in [5.41, 5.74) is 3.95. The zero-order chi connectivity index (χ0) is 17.9. The van der Waals surface area contributed by atoms with Crippen molar-refractivity contribution in [1.29, 1.82) is 0 Å². The van der Waals surface area contributed by atoms with Crippen LogP contribution in [0.5, 0.6) is 0 Å². The second-order valence-electron chi connectivity index (χ2n) is 7.00. The van der Waals surface area contributed by atoms with Crippen LogP contribution in [0.4, 0.5) is 0 Å². The molecule has 25 heavy (non-hydrogen) atoms. The first-order valence-electron chi connectivity index (χ1n) is 8.88. The van der Waals surface area contributed by atoms with E-state index >= 15 is 0 Å². The quantitative estimate of drug-likeness (QED) is 0.417. The van der Waals surface area contributed by atoms with Crippen molar-refractivity contribution in [1.82, 2.24) is 0 Å². The van der Waals surface area contributed by atoms with E-state index in [1.165, 1.54) is 27.4 Å². The number of allylic oxidation sites excluding steroid dienone is 1. The molecule has 0 aliphatic rings. The van der Waals surface area contributed by atoms with Crippen LogP contribution in [-0.2, 0) is 0 Å². The van der Waals surface area contributed by atoms with Crippen molar-refractivity contribution in [3.63, 3.8) is 0 Å². The van der Waals surface area contributed by atoms with Gasteiger partial charge in [0.05, 0.1) is 0 Å². The van der Waals surface area contributed by atoms with E-state index in [9.17, 15) is 0 Å². The summed E-state index contributed by atoms with van der Waals surface area (Å²) in [4.78, 5) is 0. The first-order chi connectivity index (χ1) is 12.1. The Morgan fingerprint density at radius 3 is 1.12 bits per heavy atom. The van der Waals surface area contributed by atoms with Crippen molar-refractivity contribution in [2.24, 2.45) is 0 Å². The van der Waals surface area contributed by atoms with Crippen molar-refractivity contribution in [3.05, 3.63) is 102 Å². The van der Waals surface area contributed by atoms with E-state index in [1.54, 1.807) is 0 Å². The summed E-state index contributed by atoms with van der Waals surface area (Å²) in [6, 6.07) is 27.7. The van der Waals surface area contributed by atoms with Crippen LogP contribution in [0, 0.1) is 20.8 Å². The second-order valence-corrected chi connectivity index (χ2v) is 18.3. The molecule has 0 radical (unpaired) electrons. The number of hydrogen-bond acceptors (Lipinski definition) is 0. The maximum absolute atomic E-state index is 4.13. The normalized spacial score (nSPS) is 11.3. The van der Waals surface area contributed by atoms with Gasteiger partial charge in [0.25, 0.3) is 0 Å². The molecule has 3 rings (SSSR count). The predicted molar refractivity (Wildman–Crippen MR) is 113 cm³/mol. The van der Waals surface area contributed by atoms with Gasteiger partial charge in [0, 0.05) is 0 Å². The minimum absolute atomic E-state index is 1.07. The van der Waals surface area contributed by atoms with Gasteiger partial charge in [-0.1, -0.05) is 0 Å². The fourth-order valence-corrected chi connectivity index (χ4v) is 16.0. The number of hydrogen-bond donors (Lipinski definition) is 0. The molecule has 0 amide bonds. The fourth-order valence-electron chi connectivity index (χ4n) is 3.58. The molecule has 0 atom stereocenters. The zero-order valence-corrected chi connectivity index (χ0v) is 18.3. The molecule has 0 heterocycles. The zero-order valence-electron chi connectivity index (χ0n) is 15.4. The molecule has 0 fully saturated rings. The molecule has 0 saturated heterocycles. The van der Waals surface area contributed by atoms with Gasteiger partial charge in [-0.3, -0.25) is 0 Å². The summed E-state index contributed by atoms with van der Waals surface area (Å²) in [5, 5.41) is 0. The van der Waals surface area contributed by atoms with E-state index in [0.717, 1.165) is 4.44 Å². The van der Waals surface area contributed by atoms with Crippen LogP contribution in [0.3, 0.4) is 0 Å². The van der Waals surface area contributed by atoms with Crippen molar-refractivity contribution in [2.75, 3.05) is 0 Å². The molecule has 0 aliphatic carbocycles. The maximum atomic E-state index is 4.13. The van der Waals surface area contributed by atoms with E-state index in [4.69, 9.17) is 0 Å². The average molecular weight is 433 g/mol. The SMILES string of the molecule is C=C[CH2][Sn]([c]1ccc(C)cc1)([c]1ccc(C)cc1)[c]1ccc(C)cc1. The third kappa shape index (κ3) is 3.59. The Morgan fingerprint density at radius 2 is 0.880 bits per heavy atom. The summed E-state index contributed by atoms with van der Waals surface area (Å²) in [5.74, 6) is 0. The van der Waals surface area contributed by atoms with Gasteiger partial charge in [-0.15, -0.1) is 0 Å². The molecule has 0 spiro atoms. The molecule has 0 saturated carbocycles. The van der Waals surface area contributed by atoms with Crippen LogP contribution in [-0.4, -0.2) is 18.4 Å². The van der Waals surface area contributed by atoms with Crippen LogP contribution >= 0.6 is 0 Å². The predicted octanol–water partition coefficient (Wildman–Crippen LogP) is 4.27. The Labute approximate surface area is 156 Å². The Kier molecular flexibility index (Phi) is 5.48. The molecule has 0 aromatic heterocycles. The Morgan fingerprint density at radius 1 is 0.600 bits per heavy atom. The van der Waals surface area contributed by atoms with Gasteiger partial charge in [-0.25, -0.2) is 0 Å². The van der Waals surface area contributed by atoms with E-state index in [-0.39, 0.29) is 0 Å². The summed E-state index contributed by atoms with van der Waals surface area (Å²) in [7, 11) is 0. The molecule has 3 aromatic carbocycles. The van der Waals surface area contributed by atoms with Crippen molar-refractivity contribution < 1.29 is 0 Å². The van der Waals surface area contributed by atoms with Gasteiger partial charge in [0.1, 0.15) is 0 Å². The molecule has 0 aliphatic heterocycles. The van der Waals surface area contributed by atoms with Crippen LogP contribution in [0.1, 0.15) is 16.7 Å². The number of aryl methyl sites for hydroxylation is 3. The van der Waals surface area contributed by atoms with Gasteiger partial charge in [-0.05, 0) is 0 Å². The number of benzene rings is 3. The van der Waals surface area contributed by atoms with E-state index in [2.05, 4.69) is 106 Å². The Hall–Kier alpha value is -1.80. The van der Waals surface area contributed by atoms with Crippen molar-refractivity contribution >= 4 is 29.1 Å². The van der Waals surface area contributed by atoms with E-state index < -0.39 is 18.4 Å². The van der Waals surface area contributed by atoms with E-state index in [0.29, 0.717) is 0 Å². The first-order valence-corrected chi connectivity index (χ1v) is 15.2. The second kappa shape index (κ2) is 7.61. The standard InChI is InChI=1S/3C7H7.C3H5.Sn/c3*1-7-5-3-2-4-6-7;1-3-2;/h3*3-6H,1H3;3H,1-2H2;. The Bertz CT molecular complexity index is 729. The summed E-state index contributed by atoms with van der Waals surface area (Å²) in [6.07, 6.45) is 2.13. The van der Waals surface area contributed by atoms with Gasteiger partial charge in [0.15, 0.2) is 0 Å². The molecule has 0 bridgehead atoms. The van der Waals surface area contributed by atoms with E-state index in [1.807, 2.05) is 0 Å². The van der Waals surface area contributed by atoms with Crippen LogP contribution < -0.4 is 10.7 Å². The average Bonchev–Trinajstić information content (AvgIpc) is 2.62. The van der Waals surface area contributed by atoms with Gasteiger partial charge >= 0.3 is 156 Å². The fraction of sp³-hybridized carbons (Fsp3) is 0.167. The van der Waals surface area contributed by atoms with Crippen molar-refractivity contribution in [2.45, 2.75) is 25.2 Å². The third-order valence-electron chi connectivity index (χ3n) is 5.08. The molecular weight excluding hydrogens is 407 g/mol.